The number of anilines is 1. The van der Waals surface area contributed by atoms with Gasteiger partial charge in [-0.15, -0.1) is 0 Å². The van der Waals surface area contributed by atoms with Crippen LogP contribution in [0.1, 0.15) is 39.9 Å². The number of hydrogen-bond donors (Lipinski definition) is 3. The van der Waals surface area contributed by atoms with E-state index in [1.54, 1.807) is 4.90 Å². The number of carbonyl (C=O) groups excluding carboxylic acids is 3. The molecule has 0 spiro atoms. The van der Waals surface area contributed by atoms with Crippen LogP contribution in [0.5, 0.6) is 0 Å². The van der Waals surface area contributed by atoms with E-state index < -0.39 is 6.04 Å². The number of carbonyl (C=O) groups is 3. The standard InChI is InChI=1S/C22H24N4O3/c1-23-11-14-2-5-17(6-3-14)24-12-15-4-7-18-16(10-15)13-26(22(18)29)19-8-9-20(27)25-21(19)28/h2-7,10,19,23-24H,8-9,11-13H2,1H3,(H,25,27,28). The smallest absolute Gasteiger partial charge is 0.255 e. The monoisotopic (exact) mass is 392 g/mol. The van der Waals surface area contributed by atoms with Gasteiger partial charge in [-0.2, -0.15) is 0 Å². The van der Waals surface area contributed by atoms with E-state index in [-0.39, 0.29) is 24.1 Å². The van der Waals surface area contributed by atoms with Gasteiger partial charge in [-0.05, 0) is 48.4 Å². The van der Waals surface area contributed by atoms with Crippen molar-refractivity contribution in [1.82, 2.24) is 15.5 Å². The Kier molecular flexibility index (Phi) is 5.31. The summed E-state index contributed by atoms with van der Waals surface area (Å²) >= 11 is 0. The summed E-state index contributed by atoms with van der Waals surface area (Å²) in [6.07, 6.45) is 0.640. The lowest BCUT2D eigenvalue weighted by molar-refractivity contribution is -0.136. The maximum Gasteiger partial charge on any atom is 0.255 e. The highest BCUT2D eigenvalue weighted by Gasteiger charge is 2.38. The number of rotatable bonds is 6. The summed E-state index contributed by atoms with van der Waals surface area (Å²) in [6, 6.07) is 13.5. The Hall–Kier alpha value is -3.19. The van der Waals surface area contributed by atoms with E-state index >= 15 is 0 Å². The largest absolute Gasteiger partial charge is 0.381 e. The van der Waals surface area contributed by atoms with E-state index in [1.807, 2.05) is 37.4 Å². The molecule has 0 aliphatic carbocycles. The zero-order valence-corrected chi connectivity index (χ0v) is 16.3. The van der Waals surface area contributed by atoms with Crippen LogP contribution in [0.25, 0.3) is 0 Å². The van der Waals surface area contributed by atoms with Gasteiger partial charge in [-0.3, -0.25) is 19.7 Å². The van der Waals surface area contributed by atoms with E-state index in [1.165, 1.54) is 5.56 Å². The van der Waals surface area contributed by atoms with Crippen molar-refractivity contribution in [2.45, 2.75) is 38.5 Å². The number of nitrogens with zero attached hydrogens (tertiary/aromatic N) is 1. The second kappa shape index (κ2) is 8.05. The predicted octanol–water partition coefficient (Wildman–Crippen LogP) is 1.78. The van der Waals surface area contributed by atoms with Crippen LogP contribution >= 0.6 is 0 Å². The van der Waals surface area contributed by atoms with Gasteiger partial charge in [0.15, 0.2) is 0 Å². The molecule has 7 nitrogen and oxygen atoms in total. The SMILES string of the molecule is CNCc1ccc(NCc2ccc3c(c2)CN(C2CCC(=O)NC2=O)C3=O)cc1. The molecule has 0 saturated carbocycles. The van der Waals surface area contributed by atoms with E-state index in [4.69, 9.17) is 0 Å². The number of amides is 3. The van der Waals surface area contributed by atoms with Gasteiger partial charge in [0.05, 0.1) is 0 Å². The second-order valence-electron chi connectivity index (χ2n) is 7.47. The van der Waals surface area contributed by atoms with Crippen LogP contribution in [-0.2, 0) is 29.2 Å². The number of fused-ring (bicyclic) bond motifs is 1. The van der Waals surface area contributed by atoms with Crippen molar-refractivity contribution < 1.29 is 14.4 Å². The topological polar surface area (TPSA) is 90.5 Å². The van der Waals surface area contributed by atoms with Gasteiger partial charge in [-0.1, -0.05) is 24.3 Å². The van der Waals surface area contributed by atoms with Gasteiger partial charge < -0.3 is 15.5 Å². The third kappa shape index (κ3) is 4.00. The van der Waals surface area contributed by atoms with Crippen LogP contribution in [0.3, 0.4) is 0 Å². The molecule has 3 amide bonds. The van der Waals surface area contributed by atoms with Crippen LogP contribution in [0.15, 0.2) is 42.5 Å². The van der Waals surface area contributed by atoms with E-state index in [2.05, 4.69) is 28.1 Å². The Morgan fingerprint density at radius 3 is 2.52 bits per heavy atom. The molecule has 2 aliphatic heterocycles. The molecule has 1 unspecified atom stereocenters. The van der Waals surface area contributed by atoms with Crippen LogP contribution in [-0.4, -0.2) is 35.7 Å². The summed E-state index contributed by atoms with van der Waals surface area (Å²) in [7, 11) is 1.92. The third-order valence-corrected chi connectivity index (χ3v) is 5.42. The van der Waals surface area contributed by atoms with Crippen LogP contribution in [0, 0.1) is 0 Å². The Bertz CT molecular complexity index is 955. The predicted molar refractivity (Wildman–Crippen MR) is 109 cm³/mol. The fourth-order valence-corrected chi connectivity index (χ4v) is 3.89. The molecule has 150 valence electrons. The number of hydrogen-bond acceptors (Lipinski definition) is 5. The summed E-state index contributed by atoms with van der Waals surface area (Å²) in [6.45, 7) is 1.88. The molecular formula is C22H24N4O3. The van der Waals surface area contributed by atoms with Gasteiger partial charge in [-0.25, -0.2) is 0 Å². The summed E-state index contributed by atoms with van der Waals surface area (Å²) in [5, 5.41) is 8.86. The number of benzene rings is 2. The highest BCUT2D eigenvalue weighted by atomic mass is 16.2. The van der Waals surface area contributed by atoms with Gasteiger partial charge in [0.2, 0.25) is 11.8 Å². The minimum Gasteiger partial charge on any atom is -0.381 e. The number of imide groups is 1. The molecule has 29 heavy (non-hydrogen) atoms. The Labute approximate surface area is 169 Å². The molecule has 2 heterocycles. The minimum atomic E-state index is -0.578. The van der Waals surface area contributed by atoms with Gasteiger partial charge >= 0.3 is 0 Å². The molecule has 1 saturated heterocycles. The van der Waals surface area contributed by atoms with Crippen molar-refractivity contribution in [3.63, 3.8) is 0 Å². The summed E-state index contributed by atoms with van der Waals surface area (Å²) < 4.78 is 0. The zero-order valence-electron chi connectivity index (χ0n) is 16.3. The summed E-state index contributed by atoms with van der Waals surface area (Å²) in [4.78, 5) is 37.8. The average Bonchev–Trinajstić information content (AvgIpc) is 3.03. The van der Waals surface area contributed by atoms with Gasteiger partial charge in [0, 0.05) is 37.3 Å². The minimum absolute atomic E-state index is 0.144. The Morgan fingerprint density at radius 2 is 1.79 bits per heavy atom. The Balaban J connectivity index is 1.42. The molecular weight excluding hydrogens is 368 g/mol. The van der Waals surface area contributed by atoms with E-state index in [0.29, 0.717) is 25.1 Å². The molecule has 1 fully saturated rings. The van der Waals surface area contributed by atoms with Crippen LogP contribution in [0.4, 0.5) is 5.69 Å². The van der Waals surface area contributed by atoms with Crippen LogP contribution in [0.2, 0.25) is 0 Å². The number of piperidine rings is 1. The molecule has 3 N–H and O–H groups in total. The fraction of sp³-hybridized carbons (Fsp3) is 0.318. The molecule has 0 bridgehead atoms. The highest BCUT2D eigenvalue weighted by molar-refractivity contribution is 6.05. The molecule has 0 aromatic heterocycles. The molecule has 0 radical (unpaired) electrons. The lowest BCUT2D eigenvalue weighted by Crippen LogP contribution is -2.52. The first kappa shape index (κ1) is 19.1. The quantitative estimate of drug-likeness (QED) is 0.652. The van der Waals surface area contributed by atoms with E-state index in [0.717, 1.165) is 23.4 Å². The third-order valence-electron chi connectivity index (χ3n) is 5.42. The first-order valence-corrected chi connectivity index (χ1v) is 9.79. The summed E-state index contributed by atoms with van der Waals surface area (Å²) in [5.74, 6) is -0.803. The first-order valence-electron chi connectivity index (χ1n) is 9.79. The van der Waals surface area contributed by atoms with Crippen molar-refractivity contribution in [3.05, 3.63) is 64.7 Å². The maximum atomic E-state index is 12.7. The van der Waals surface area contributed by atoms with Crippen molar-refractivity contribution >= 4 is 23.4 Å². The molecule has 2 aromatic carbocycles. The molecule has 7 heteroatoms. The van der Waals surface area contributed by atoms with E-state index in [9.17, 15) is 14.4 Å². The normalized spacial score (nSPS) is 18.6. The molecule has 1 atom stereocenters. The molecule has 2 aromatic rings. The number of nitrogens with one attached hydrogen (secondary N) is 3. The lowest BCUT2D eigenvalue weighted by atomic mass is 10.0. The fourth-order valence-electron chi connectivity index (χ4n) is 3.89. The van der Waals surface area contributed by atoms with Crippen molar-refractivity contribution in [3.8, 4) is 0 Å². The zero-order chi connectivity index (χ0) is 20.4. The summed E-state index contributed by atoms with van der Waals surface area (Å²) in [5.41, 5.74) is 4.88. The van der Waals surface area contributed by atoms with Crippen molar-refractivity contribution in [2.75, 3.05) is 12.4 Å². The Morgan fingerprint density at radius 1 is 1.03 bits per heavy atom. The van der Waals surface area contributed by atoms with Crippen molar-refractivity contribution in [2.24, 2.45) is 0 Å². The molecule has 2 aliphatic rings. The van der Waals surface area contributed by atoms with Crippen LogP contribution < -0.4 is 16.0 Å². The maximum absolute atomic E-state index is 12.7. The second-order valence-corrected chi connectivity index (χ2v) is 7.47. The first-order chi connectivity index (χ1) is 14.0. The van der Waals surface area contributed by atoms with Gasteiger partial charge in [0.1, 0.15) is 6.04 Å². The van der Waals surface area contributed by atoms with Crippen molar-refractivity contribution in [1.29, 1.82) is 0 Å². The van der Waals surface area contributed by atoms with Gasteiger partial charge in [0.25, 0.3) is 5.91 Å². The molecule has 4 rings (SSSR count). The average molecular weight is 392 g/mol. The highest BCUT2D eigenvalue weighted by Crippen LogP contribution is 2.28. The lowest BCUT2D eigenvalue weighted by Gasteiger charge is -2.29.